The van der Waals surface area contributed by atoms with Gasteiger partial charge in [0, 0.05) is 16.7 Å². The molecule has 2 rings (SSSR count). The summed E-state index contributed by atoms with van der Waals surface area (Å²) < 4.78 is 13.7. The van der Waals surface area contributed by atoms with Gasteiger partial charge >= 0.3 is 11.7 Å². The Morgan fingerprint density at radius 3 is 2.50 bits per heavy atom. The third-order valence-electron chi connectivity index (χ3n) is 2.67. The average Bonchev–Trinajstić information content (AvgIpc) is 2.39. The maximum Gasteiger partial charge on any atom is 0.338 e. The predicted octanol–water partition coefficient (Wildman–Crippen LogP) is 3.75. The summed E-state index contributed by atoms with van der Waals surface area (Å²) in [7, 11) is 0. The van der Waals surface area contributed by atoms with Crippen molar-refractivity contribution in [3.8, 4) is 11.1 Å². The van der Waals surface area contributed by atoms with E-state index in [1.165, 1.54) is 0 Å². The Morgan fingerprint density at radius 1 is 1.30 bits per heavy atom. The molecule has 0 saturated carbocycles. The van der Waals surface area contributed by atoms with Crippen molar-refractivity contribution >= 4 is 23.3 Å². The molecule has 2 aromatic rings. The highest BCUT2D eigenvalue weighted by molar-refractivity contribution is 6.33. The third kappa shape index (κ3) is 2.46. The molecule has 0 spiro atoms. The van der Waals surface area contributed by atoms with Crippen LogP contribution in [0.3, 0.4) is 0 Å². The lowest BCUT2D eigenvalue weighted by Gasteiger charge is -2.07. The van der Waals surface area contributed by atoms with Gasteiger partial charge in [-0.3, -0.25) is 10.1 Å². The molecule has 20 heavy (non-hydrogen) atoms. The molecular weight excluding hydrogens is 289 g/mol. The fraction of sp³-hybridized carbons (Fsp3) is 0. The van der Waals surface area contributed by atoms with Crippen LogP contribution in [0.1, 0.15) is 10.4 Å². The number of nitrogens with zero attached hydrogens (tertiary/aromatic N) is 1. The van der Waals surface area contributed by atoms with Crippen molar-refractivity contribution in [3.63, 3.8) is 0 Å². The number of nitro groups is 1. The normalized spacial score (nSPS) is 10.3. The van der Waals surface area contributed by atoms with Crippen molar-refractivity contribution < 1.29 is 19.2 Å². The fourth-order valence-corrected chi connectivity index (χ4v) is 1.99. The van der Waals surface area contributed by atoms with Crippen molar-refractivity contribution in [1.82, 2.24) is 0 Å². The van der Waals surface area contributed by atoms with Crippen LogP contribution in [0.25, 0.3) is 11.1 Å². The quantitative estimate of drug-likeness (QED) is 0.690. The van der Waals surface area contributed by atoms with Gasteiger partial charge in [-0.2, -0.15) is 4.39 Å². The first-order valence-corrected chi connectivity index (χ1v) is 5.75. The van der Waals surface area contributed by atoms with Crippen molar-refractivity contribution in [2.24, 2.45) is 0 Å². The minimum atomic E-state index is -1.58. The Morgan fingerprint density at radius 2 is 1.95 bits per heavy atom. The molecule has 0 fully saturated rings. The molecule has 0 atom stereocenters. The summed E-state index contributed by atoms with van der Waals surface area (Å²) in [5.74, 6) is -2.96. The van der Waals surface area contributed by atoms with Crippen molar-refractivity contribution in [2.45, 2.75) is 0 Å². The Bertz CT molecular complexity index is 682. The zero-order valence-corrected chi connectivity index (χ0v) is 10.6. The molecule has 0 heterocycles. The number of nitro benzene ring substituents is 1. The van der Waals surface area contributed by atoms with Crippen LogP contribution >= 0.6 is 11.6 Å². The number of benzene rings is 2. The van der Waals surface area contributed by atoms with E-state index in [9.17, 15) is 19.3 Å². The number of carboxylic acid groups (broad SMARTS) is 1. The lowest BCUT2D eigenvalue weighted by atomic mass is 10.0. The summed E-state index contributed by atoms with van der Waals surface area (Å²) in [6.45, 7) is 0. The average molecular weight is 296 g/mol. The van der Waals surface area contributed by atoms with E-state index in [1.807, 2.05) is 0 Å². The summed E-state index contributed by atoms with van der Waals surface area (Å²) >= 11 is 5.95. The molecule has 0 radical (unpaired) electrons. The highest BCUT2D eigenvalue weighted by Crippen LogP contribution is 2.33. The van der Waals surface area contributed by atoms with Gasteiger partial charge in [0.25, 0.3) is 0 Å². The molecule has 102 valence electrons. The van der Waals surface area contributed by atoms with Crippen LogP contribution in [0, 0.1) is 15.9 Å². The molecule has 7 heteroatoms. The van der Waals surface area contributed by atoms with E-state index in [0.29, 0.717) is 5.56 Å². The predicted molar refractivity (Wildman–Crippen MR) is 70.5 cm³/mol. The summed E-state index contributed by atoms with van der Waals surface area (Å²) in [5, 5.41) is 20.0. The van der Waals surface area contributed by atoms with Gasteiger partial charge < -0.3 is 5.11 Å². The molecule has 0 aliphatic carbocycles. The molecule has 2 aromatic carbocycles. The highest BCUT2D eigenvalue weighted by atomic mass is 35.5. The molecular formula is C13H7ClFNO4. The van der Waals surface area contributed by atoms with E-state index in [0.717, 1.165) is 12.1 Å². The molecule has 0 amide bonds. The Hall–Kier alpha value is -2.47. The monoisotopic (exact) mass is 295 g/mol. The van der Waals surface area contributed by atoms with Gasteiger partial charge in [-0.15, -0.1) is 0 Å². The number of carboxylic acids is 1. The molecule has 1 N–H and O–H groups in total. The molecule has 0 aliphatic heterocycles. The molecule has 0 unspecified atom stereocenters. The van der Waals surface area contributed by atoms with Crippen LogP contribution in [0.4, 0.5) is 10.1 Å². The highest BCUT2D eigenvalue weighted by Gasteiger charge is 2.24. The minimum absolute atomic E-state index is 0.168. The van der Waals surface area contributed by atoms with E-state index in [4.69, 9.17) is 16.7 Å². The minimum Gasteiger partial charge on any atom is -0.478 e. The fourth-order valence-electron chi connectivity index (χ4n) is 1.75. The second-order valence-electron chi connectivity index (χ2n) is 3.90. The van der Waals surface area contributed by atoms with Crippen molar-refractivity contribution in [2.75, 3.05) is 0 Å². The van der Waals surface area contributed by atoms with Gasteiger partial charge in [-0.1, -0.05) is 29.8 Å². The summed E-state index contributed by atoms with van der Waals surface area (Å²) in [6.07, 6.45) is 0. The van der Waals surface area contributed by atoms with Gasteiger partial charge in [0.2, 0.25) is 5.82 Å². The maximum absolute atomic E-state index is 13.7. The van der Waals surface area contributed by atoms with Crippen molar-refractivity contribution in [3.05, 3.63) is 62.9 Å². The second kappa shape index (κ2) is 5.26. The smallest absolute Gasteiger partial charge is 0.338 e. The van der Waals surface area contributed by atoms with Crippen LogP contribution in [-0.2, 0) is 0 Å². The van der Waals surface area contributed by atoms with E-state index in [-0.39, 0.29) is 10.6 Å². The lowest BCUT2D eigenvalue weighted by Crippen LogP contribution is -2.04. The molecule has 0 bridgehead atoms. The van der Waals surface area contributed by atoms with E-state index in [2.05, 4.69) is 0 Å². The number of aromatic carboxylic acids is 1. The number of hydrogen-bond donors (Lipinski definition) is 1. The largest absolute Gasteiger partial charge is 0.478 e. The van der Waals surface area contributed by atoms with Crippen LogP contribution in [0.5, 0.6) is 0 Å². The first-order chi connectivity index (χ1) is 9.41. The number of hydrogen-bond acceptors (Lipinski definition) is 3. The molecule has 5 nitrogen and oxygen atoms in total. The first-order valence-electron chi connectivity index (χ1n) is 5.38. The Balaban J connectivity index is 2.75. The third-order valence-corrected chi connectivity index (χ3v) is 2.99. The van der Waals surface area contributed by atoms with Crippen LogP contribution < -0.4 is 0 Å². The topological polar surface area (TPSA) is 80.4 Å². The van der Waals surface area contributed by atoms with Gasteiger partial charge in [0.15, 0.2) is 0 Å². The molecule has 0 saturated heterocycles. The van der Waals surface area contributed by atoms with Gasteiger partial charge in [-0.25, -0.2) is 4.79 Å². The van der Waals surface area contributed by atoms with Gasteiger partial charge in [0.05, 0.1) is 4.92 Å². The SMILES string of the molecule is O=C(O)c1cc(-c2ccccc2Cl)cc([N+](=O)[O-])c1F. The van der Waals surface area contributed by atoms with Crippen molar-refractivity contribution in [1.29, 1.82) is 0 Å². The van der Waals surface area contributed by atoms with Gasteiger partial charge in [0.1, 0.15) is 5.56 Å². The lowest BCUT2D eigenvalue weighted by molar-refractivity contribution is -0.387. The summed E-state index contributed by atoms with van der Waals surface area (Å²) in [5.41, 5.74) is -1.12. The maximum atomic E-state index is 13.7. The van der Waals surface area contributed by atoms with E-state index >= 15 is 0 Å². The number of rotatable bonds is 3. The van der Waals surface area contributed by atoms with Gasteiger partial charge in [-0.05, 0) is 17.7 Å². The van der Waals surface area contributed by atoms with Crippen LogP contribution in [0.15, 0.2) is 36.4 Å². The van der Waals surface area contributed by atoms with Crippen LogP contribution in [-0.4, -0.2) is 16.0 Å². The number of carbonyl (C=O) groups is 1. The zero-order chi connectivity index (χ0) is 14.9. The number of halogens is 2. The molecule has 0 aliphatic rings. The first kappa shape index (κ1) is 14.0. The van der Waals surface area contributed by atoms with E-state index < -0.39 is 28.0 Å². The molecule has 0 aromatic heterocycles. The standard InChI is InChI=1S/C13H7ClFNO4/c14-10-4-2-1-3-8(10)7-5-9(13(17)18)12(15)11(6-7)16(19)20/h1-6H,(H,17,18). The van der Waals surface area contributed by atoms with Crippen LogP contribution in [0.2, 0.25) is 5.02 Å². The Labute approximate surface area is 117 Å². The van der Waals surface area contributed by atoms with E-state index in [1.54, 1.807) is 24.3 Å². The zero-order valence-electron chi connectivity index (χ0n) is 9.84. The Kier molecular flexibility index (Phi) is 3.67. The second-order valence-corrected chi connectivity index (χ2v) is 4.31. The summed E-state index contributed by atoms with van der Waals surface area (Å²) in [4.78, 5) is 20.8. The summed E-state index contributed by atoms with van der Waals surface area (Å²) in [6, 6.07) is 8.38.